The second-order valence-corrected chi connectivity index (χ2v) is 4.81. The normalized spacial score (nSPS) is 16.7. The van der Waals surface area contributed by atoms with Crippen molar-refractivity contribution >= 4 is 5.78 Å². The number of Topliss-reactive ketones (excluding diaryl/α,β-unsaturated/α-hetero) is 1. The minimum atomic E-state index is 0.0696. The zero-order chi connectivity index (χ0) is 12.8. The monoisotopic (exact) mass is 248 g/mol. The van der Waals surface area contributed by atoms with E-state index < -0.39 is 0 Å². The van der Waals surface area contributed by atoms with Gasteiger partial charge in [-0.2, -0.15) is 0 Å². The molecule has 0 radical (unpaired) electrons. The molecule has 2 rings (SSSR count). The van der Waals surface area contributed by atoms with Crippen molar-refractivity contribution in [3.63, 3.8) is 0 Å². The summed E-state index contributed by atoms with van der Waals surface area (Å²) in [5.74, 6) is 0.614. The Morgan fingerprint density at radius 1 is 1.33 bits per heavy atom. The van der Waals surface area contributed by atoms with E-state index in [-0.39, 0.29) is 12.4 Å². The Morgan fingerprint density at radius 2 is 2.06 bits per heavy atom. The number of ether oxygens (including phenoxy) is 2. The fourth-order valence-electron chi connectivity index (χ4n) is 2.19. The number of carbonyl (C=O) groups is 1. The smallest absolute Gasteiger partial charge is 0.188 e. The number of aryl methyl sites for hydroxylation is 1. The summed E-state index contributed by atoms with van der Waals surface area (Å²) in [7, 11) is 0. The molecule has 1 aromatic carbocycles. The topological polar surface area (TPSA) is 35.5 Å². The van der Waals surface area contributed by atoms with Gasteiger partial charge in [-0.15, -0.1) is 0 Å². The first-order chi connectivity index (χ1) is 8.77. The van der Waals surface area contributed by atoms with Crippen LogP contribution in [-0.2, 0) is 9.47 Å². The van der Waals surface area contributed by atoms with Gasteiger partial charge in [-0.05, 0) is 31.2 Å². The van der Waals surface area contributed by atoms with Crippen LogP contribution in [0.4, 0.5) is 0 Å². The fourth-order valence-corrected chi connectivity index (χ4v) is 2.19. The van der Waals surface area contributed by atoms with Crippen LogP contribution in [0.5, 0.6) is 0 Å². The molecule has 1 aliphatic rings. The van der Waals surface area contributed by atoms with Gasteiger partial charge in [0.15, 0.2) is 5.78 Å². The van der Waals surface area contributed by atoms with Crippen LogP contribution in [0.1, 0.15) is 28.8 Å². The van der Waals surface area contributed by atoms with Crippen molar-refractivity contribution in [3.05, 3.63) is 35.4 Å². The van der Waals surface area contributed by atoms with Gasteiger partial charge in [0.1, 0.15) is 6.61 Å². The summed E-state index contributed by atoms with van der Waals surface area (Å²) in [6.45, 7) is 4.44. The Kier molecular flexibility index (Phi) is 4.90. The van der Waals surface area contributed by atoms with Crippen LogP contribution in [0.2, 0.25) is 0 Å². The molecule has 0 N–H and O–H groups in total. The molecule has 0 atom stereocenters. The summed E-state index contributed by atoms with van der Waals surface area (Å²) in [5.41, 5.74) is 1.78. The van der Waals surface area contributed by atoms with E-state index >= 15 is 0 Å². The lowest BCUT2D eigenvalue weighted by molar-refractivity contribution is 0.0216. The Bertz CT molecular complexity index is 394. The maximum Gasteiger partial charge on any atom is 0.188 e. The Hall–Kier alpha value is -1.19. The predicted octanol–water partition coefficient (Wildman–Crippen LogP) is 2.62. The van der Waals surface area contributed by atoms with Gasteiger partial charge >= 0.3 is 0 Å². The molecule has 0 aromatic heterocycles. The number of benzene rings is 1. The van der Waals surface area contributed by atoms with Gasteiger partial charge in [0.25, 0.3) is 0 Å². The summed E-state index contributed by atoms with van der Waals surface area (Å²) in [6, 6.07) is 7.63. The Morgan fingerprint density at radius 3 is 2.78 bits per heavy atom. The van der Waals surface area contributed by atoms with Crippen LogP contribution in [0.25, 0.3) is 0 Å². The molecule has 0 saturated carbocycles. The van der Waals surface area contributed by atoms with E-state index in [0.29, 0.717) is 12.5 Å². The molecule has 0 bridgehead atoms. The highest BCUT2D eigenvalue weighted by Gasteiger charge is 2.15. The van der Waals surface area contributed by atoms with Gasteiger partial charge in [0.05, 0.1) is 6.61 Å². The predicted molar refractivity (Wildman–Crippen MR) is 69.9 cm³/mol. The van der Waals surface area contributed by atoms with Crippen LogP contribution < -0.4 is 0 Å². The van der Waals surface area contributed by atoms with Crippen LogP contribution in [0.15, 0.2) is 24.3 Å². The lowest BCUT2D eigenvalue weighted by Crippen LogP contribution is -2.22. The number of hydrogen-bond acceptors (Lipinski definition) is 3. The minimum Gasteiger partial charge on any atom is -0.381 e. The maximum atomic E-state index is 12.0. The average molecular weight is 248 g/mol. The molecule has 0 aliphatic carbocycles. The molecule has 98 valence electrons. The van der Waals surface area contributed by atoms with E-state index in [1.165, 1.54) is 0 Å². The molecule has 0 spiro atoms. The van der Waals surface area contributed by atoms with Crippen molar-refractivity contribution in [3.8, 4) is 0 Å². The highest BCUT2D eigenvalue weighted by Crippen LogP contribution is 2.15. The van der Waals surface area contributed by atoms with Crippen molar-refractivity contribution in [2.24, 2.45) is 5.92 Å². The fraction of sp³-hybridized carbons (Fsp3) is 0.533. The van der Waals surface area contributed by atoms with Crippen LogP contribution >= 0.6 is 0 Å². The lowest BCUT2D eigenvalue weighted by atomic mass is 10.0. The average Bonchev–Trinajstić information content (AvgIpc) is 2.40. The van der Waals surface area contributed by atoms with Gasteiger partial charge < -0.3 is 9.47 Å². The maximum absolute atomic E-state index is 12.0. The van der Waals surface area contributed by atoms with Crippen LogP contribution in [-0.4, -0.2) is 32.2 Å². The molecule has 1 aliphatic heterocycles. The second-order valence-electron chi connectivity index (χ2n) is 4.81. The summed E-state index contributed by atoms with van der Waals surface area (Å²) in [5, 5.41) is 0. The summed E-state index contributed by atoms with van der Waals surface area (Å²) in [4.78, 5) is 12.0. The van der Waals surface area contributed by atoms with Crippen molar-refractivity contribution in [2.45, 2.75) is 19.8 Å². The molecule has 3 nitrogen and oxygen atoms in total. The van der Waals surface area contributed by atoms with E-state index in [0.717, 1.165) is 37.2 Å². The highest BCUT2D eigenvalue weighted by atomic mass is 16.5. The van der Waals surface area contributed by atoms with Gasteiger partial charge in [0, 0.05) is 18.8 Å². The van der Waals surface area contributed by atoms with E-state index in [4.69, 9.17) is 9.47 Å². The third-order valence-electron chi connectivity index (χ3n) is 3.37. The number of ketones is 1. The third kappa shape index (κ3) is 3.65. The zero-order valence-electron chi connectivity index (χ0n) is 10.9. The first-order valence-corrected chi connectivity index (χ1v) is 6.51. The second kappa shape index (κ2) is 6.66. The highest BCUT2D eigenvalue weighted by molar-refractivity contribution is 5.98. The number of hydrogen-bond donors (Lipinski definition) is 0. The van der Waals surface area contributed by atoms with Crippen molar-refractivity contribution in [1.29, 1.82) is 0 Å². The van der Waals surface area contributed by atoms with E-state index in [9.17, 15) is 4.79 Å². The standard InChI is InChI=1S/C15H20O3/c1-12-4-2-3-5-14(12)15(16)11-18-10-13-6-8-17-9-7-13/h2-5,13H,6-11H2,1H3. The van der Waals surface area contributed by atoms with E-state index in [1.807, 2.05) is 31.2 Å². The zero-order valence-corrected chi connectivity index (χ0v) is 10.9. The minimum absolute atomic E-state index is 0.0696. The van der Waals surface area contributed by atoms with E-state index in [1.54, 1.807) is 0 Å². The molecule has 3 heteroatoms. The summed E-state index contributed by atoms with van der Waals surface area (Å²) >= 11 is 0. The van der Waals surface area contributed by atoms with Crippen molar-refractivity contribution in [2.75, 3.05) is 26.4 Å². The Balaban J connectivity index is 1.76. The molecule has 1 fully saturated rings. The molecule has 0 amide bonds. The molecule has 18 heavy (non-hydrogen) atoms. The molecule has 1 saturated heterocycles. The van der Waals surface area contributed by atoms with Gasteiger partial charge in [-0.25, -0.2) is 0 Å². The Labute approximate surface area is 108 Å². The van der Waals surface area contributed by atoms with E-state index in [2.05, 4.69) is 0 Å². The quantitative estimate of drug-likeness (QED) is 0.751. The van der Waals surface area contributed by atoms with Crippen LogP contribution in [0.3, 0.4) is 0 Å². The largest absolute Gasteiger partial charge is 0.381 e. The number of carbonyl (C=O) groups excluding carboxylic acids is 1. The first kappa shape index (κ1) is 13.2. The number of rotatable bonds is 5. The van der Waals surface area contributed by atoms with Gasteiger partial charge in [-0.1, -0.05) is 24.3 Å². The summed E-state index contributed by atoms with van der Waals surface area (Å²) in [6.07, 6.45) is 2.08. The van der Waals surface area contributed by atoms with Crippen LogP contribution in [0, 0.1) is 12.8 Å². The van der Waals surface area contributed by atoms with Gasteiger partial charge in [-0.3, -0.25) is 4.79 Å². The van der Waals surface area contributed by atoms with Gasteiger partial charge in [0.2, 0.25) is 0 Å². The summed E-state index contributed by atoms with van der Waals surface area (Å²) < 4.78 is 10.8. The molecule has 1 heterocycles. The van der Waals surface area contributed by atoms with Crippen molar-refractivity contribution < 1.29 is 14.3 Å². The van der Waals surface area contributed by atoms with Crippen molar-refractivity contribution in [1.82, 2.24) is 0 Å². The molecule has 1 aromatic rings. The lowest BCUT2D eigenvalue weighted by Gasteiger charge is -2.21. The SMILES string of the molecule is Cc1ccccc1C(=O)COCC1CCOCC1. The molecule has 0 unspecified atom stereocenters. The third-order valence-corrected chi connectivity index (χ3v) is 3.37. The molecular weight excluding hydrogens is 228 g/mol. The molecular formula is C15H20O3. The first-order valence-electron chi connectivity index (χ1n) is 6.51.